The molecule has 1 aromatic heterocycles. The number of aromatic nitrogens is 2. The molecule has 1 aliphatic rings. The summed E-state index contributed by atoms with van der Waals surface area (Å²) in [4.78, 5) is 37.6. The molecule has 0 bridgehead atoms. The lowest BCUT2D eigenvalue weighted by Crippen LogP contribution is -2.55. The number of hydrogen-bond acceptors (Lipinski definition) is 4. The fourth-order valence-corrected chi connectivity index (χ4v) is 3.70. The molecule has 0 radical (unpaired) electrons. The first kappa shape index (κ1) is 19.1. The van der Waals surface area contributed by atoms with E-state index < -0.39 is 17.4 Å². The molecule has 27 heavy (non-hydrogen) atoms. The number of carbonyl (C=O) groups is 2. The predicted molar refractivity (Wildman–Crippen MR) is 102 cm³/mol. The monoisotopic (exact) mass is 371 g/mol. The number of hydrogen-bond donors (Lipinski definition) is 2. The lowest BCUT2D eigenvalue weighted by Gasteiger charge is -2.33. The van der Waals surface area contributed by atoms with Gasteiger partial charge in [-0.3, -0.25) is 9.59 Å². The highest BCUT2D eigenvalue weighted by atomic mass is 16.4. The topological polar surface area (TPSA) is 101 Å². The molecule has 1 saturated carbocycles. The molecule has 0 atom stereocenters. The van der Waals surface area contributed by atoms with Crippen LogP contribution in [0.3, 0.4) is 0 Å². The van der Waals surface area contributed by atoms with Gasteiger partial charge in [-0.25, -0.2) is 9.48 Å². The Morgan fingerprint density at radius 3 is 2.41 bits per heavy atom. The quantitative estimate of drug-likeness (QED) is 0.841. The van der Waals surface area contributed by atoms with Gasteiger partial charge in [-0.1, -0.05) is 51.3 Å². The molecule has 7 heteroatoms. The van der Waals surface area contributed by atoms with Crippen molar-refractivity contribution in [1.82, 2.24) is 15.1 Å². The standard InChI is InChI=1S/C20H25N3O4/c1-13(2)12-23-18(25)15-9-5-4-8-14(15)16(22-23)17(24)21-20(19(26)27)10-6-3-7-11-20/h4-5,8-9,13H,3,6-7,10-12H2,1-2H3,(H,21,24)(H,26,27). The second-order valence-corrected chi connectivity index (χ2v) is 7.68. The molecule has 0 aliphatic heterocycles. The number of fused-ring (bicyclic) bond motifs is 1. The summed E-state index contributed by atoms with van der Waals surface area (Å²) < 4.78 is 1.30. The van der Waals surface area contributed by atoms with Gasteiger partial charge < -0.3 is 10.4 Å². The van der Waals surface area contributed by atoms with Gasteiger partial charge in [0.15, 0.2) is 5.69 Å². The Hall–Kier alpha value is -2.70. The van der Waals surface area contributed by atoms with Crippen molar-refractivity contribution in [3.05, 3.63) is 40.3 Å². The van der Waals surface area contributed by atoms with Crippen molar-refractivity contribution in [1.29, 1.82) is 0 Å². The molecule has 0 unspecified atom stereocenters. The number of amides is 1. The van der Waals surface area contributed by atoms with Gasteiger partial charge in [0.1, 0.15) is 5.54 Å². The van der Waals surface area contributed by atoms with Gasteiger partial charge in [-0.05, 0) is 24.8 Å². The van der Waals surface area contributed by atoms with Gasteiger partial charge in [-0.15, -0.1) is 0 Å². The van der Waals surface area contributed by atoms with E-state index in [1.165, 1.54) is 4.68 Å². The van der Waals surface area contributed by atoms with E-state index in [9.17, 15) is 19.5 Å². The van der Waals surface area contributed by atoms with Crippen molar-refractivity contribution in [3.63, 3.8) is 0 Å². The maximum atomic E-state index is 13.0. The summed E-state index contributed by atoms with van der Waals surface area (Å²) in [5.74, 6) is -1.39. The maximum Gasteiger partial charge on any atom is 0.329 e. The summed E-state index contributed by atoms with van der Waals surface area (Å²) in [6.45, 7) is 4.31. The van der Waals surface area contributed by atoms with Crippen molar-refractivity contribution < 1.29 is 14.7 Å². The zero-order chi connectivity index (χ0) is 19.6. The van der Waals surface area contributed by atoms with E-state index in [-0.39, 0.29) is 17.2 Å². The van der Waals surface area contributed by atoms with Gasteiger partial charge in [-0.2, -0.15) is 5.10 Å². The lowest BCUT2D eigenvalue weighted by molar-refractivity contribution is -0.145. The third kappa shape index (κ3) is 3.72. The normalized spacial score (nSPS) is 16.4. The number of nitrogens with one attached hydrogen (secondary N) is 1. The minimum absolute atomic E-state index is 0.0945. The Kier molecular flexibility index (Phi) is 5.30. The highest BCUT2D eigenvalue weighted by molar-refractivity contribution is 6.06. The average Bonchev–Trinajstić information content (AvgIpc) is 2.64. The zero-order valence-electron chi connectivity index (χ0n) is 15.7. The first-order chi connectivity index (χ1) is 12.8. The molecule has 3 rings (SSSR count). The van der Waals surface area contributed by atoms with Crippen LogP contribution in [-0.2, 0) is 11.3 Å². The molecule has 1 amide bonds. The number of carbonyl (C=O) groups excluding carboxylic acids is 1. The molecule has 2 N–H and O–H groups in total. The van der Waals surface area contributed by atoms with Crippen molar-refractivity contribution in [2.24, 2.45) is 5.92 Å². The number of carboxylic acid groups (broad SMARTS) is 1. The number of aliphatic carboxylic acids is 1. The Bertz CT molecular complexity index is 926. The summed E-state index contributed by atoms with van der Waals surface area (Å²) in [5, 5.41) is 17.6. The first-order valence-electron chi connectivity index (χ1n) is 9.40. The fraction of sp³-hybridized carbons (Fsp3) is 0.500. The van der Waals surface area contributed by atoms with Crippen LogP contribution in [0, 0.1) is 5.92 Å². The molecular weight excluding hydrogens is 346 g/mol. The minimum Gasteiger partial charge on any atom is -0.480 e. The van der Waals surface area contributed by atoms with Gasteiger partial charge in [0, 0.05) is 11.9 Å². The molecule has 7 nitrogen and oxygen atoms in total. The van der Waals surface area contributed by atoms with E-state index in [0.717, 1.165) is 19.3 Å². The highest BCUT2D eigenvalue weighted by Gasteiger charge is 2.41. The maximum absolute atomic E-state index is 13.0. The molecule has 1 heterocycles. The number of rotatable bonds is 5. The van der Waals surface area contributed by atoms with Crippen molar-refractivity contribution in [2.45, 2.75) is 58.0 Å². The van der Waals surface area contributed by atoms with Crippen LogP contribution in [0.4, 0.5) is 0 Å². The second-order valence-electron chi connectivity index (χ2n) is 7.68. The SMILES string of the molecule is CC(C)Cn1nc(C(=O)NC2(C(=O)O)CCCCC2)c2ccccc2c1=O. The van der Waals surface area contributed by atoms with Gasteiger partial charge in [0.2, 0.25) is 0 Å². The first-order valence-corrected chi connectivity index (χ1v) is 9.40. The van der Waals surface area contributed by atoms with E-state index in [0.29, 0.717) is 30.2 Å². The number of nitrogens with zero attached hydrogens (tertiary/aromatic N) is 2. The fourth-order valence-electron chi connectivity index (χ4n) is 3.70. The van der Waals surface area contributed by atoms with Gasteiger partial charge in [0.25, 0.3) is 11.5 Å². The summed E-state index contributed by atoms with van der Waals surface area (Å²) >= 11 is 0. The average molecular weight is 371 g/mol. The number of carboxylic acids is 1. The van der Waals surface area contributed by atoms with Crippen molar-refractivity contribution in [3.8, 4) is 0 Å². The van der Waals surface area contributed by atoms with Gasteiger partial charge >= 0.3 is 5.97 Å². The third-order valence-corrected chi connectivity index (χ3v) is 5.09. The molecule has 1 aromatic carbocycles. The van der Waals surface area contributed by atoms with Crippen LogP contribution in [0.15, 0.2) is 29.1 Å². The van der Waals surface area contributed by atoms with Crippen LogP contribution in [0.5, 0.6) is 0 Å². The smallest absolute Gasteiger partial charge is 0.329 e. The summed E-state index contributed by atoms with van der Waals surface area (Å²) in [5.41, 5.74) is -1.42. The van der Waals surface area contributed by atoms with Crippen LogP contribution in [-0.4, -0.2) is 32.3 Å². The van der Waals surface area contributed by atoms with E-state index in [1.54, 1.807) is 24.3 Å². The lowest BCUT2D eigenvalue weighted by atomic mass is 9.81. The largest absolute Gasteiger partial charge is 0.480 e. The predicted octanol–water partition coefficient (Wildman–Crippen LogP) is 2.57. The zero-order valence-corrected chi connectivity index (χ0v) is 15.7. The van der Waals surface area contributed by atoms with Crippen molar-refractivity contribution in [2.75, 3.05) is 0 Å². The molecular formula is C20H25N3O4. The van der Waals surface area contributed by atoms with Crippen LogP contribution in [0.25, 0.3) is 10.8 Å². The Morgan fingerprint density at radius 2 is 1.81 bits per heavy atom. The van der Waals surface area contributed by atoms with E-state index in [2.05, 4.69) is 10.4 Å². The Balaban J connectivity index is 2.07. The molecule has 1 fully saturated rings. The summed E-state index contributed by atoms with van der Waals surface area (Å²) in [6.07, 6.45) is 3.28. The Morgan fingerprint density at radius 1 is 1.19 bits per heavy atom. The summed E-state index contributed by atoms with van der Waals surface area (Å²) in [7, 11) is 0. The van der Waals surface area contributed by atoms with Crippen LogP contribution in [0.2, 0.25) is 0 Å². The number of benzene rings is 1. The molecule has 1 aliphatic carbocycles. The van der Waals surface area contributed by atoms with E-state index >= 15 is 0 Å². The van der Waals surface area contributed by atoms with Crippen molar-refractivity contribution >= 4 is 22.6 Å². The second kappa shape index (κ2) is 7.50. The van der Waals surface area contributed by atoms with Crippen LogP contribution < -0.4 is 10.9 Å². The summed E-state index contributed by atoms with van der Waals surface area (Å²) in [6, 6.07) is 6.82. The molecule has 144 valence electrons. The van der Waals surface area contributed by atoms with Crippen LogP contribution in [0.1, 0.15) is 56.4 Å². The molecule has 0 saturated heterocycles. The minimum atomic E-state index is -1.27. The Labute approximate surface area is 157 Å². The highest BCUT2D eigenvalue weighted by Crippen LogP contribution is 2.29. The molecule has 0 spiro atoms. The van der Waals surface area contributed by atoms with Gasteiger partial charge in [0.05, 0.1) is 5.39 Å². The van der Waals surface area contributed by atoms with E-state index in [4.69, 9.17) is 0 Å². The third-order valence-electron chi connectivity index (χ3n) is 5.09. The molecule has 2 aromatic rings. The van der Waals surface area contributed by atoms with E-state index in [1.807, 2.05) is 13.8 Å². The van der Waals surface area contributed by atoms with Crippen LogP contribution >= 0.6 is 0 Å².